The van der Waals surface area contributed by atoms with Crippen LogP contribution >= 0.6 is 0 Å². The van der Waals surface area contributed by atoms with Crippen LogP contribution in [0.3, 0.4) is 0 Å². The number of hydrogen-bond donors (Lipinski definition) is 1. The molecule has 6 heteroatoms. The molecular weight excluding hydrogens is 318 g/mol. The molecule has 1 unspecified atom stereocenters. The molecule has 0 aromatic heterocycles. The second-order valence-corrected chi connectivity index (χ2v) is 6.75. The van der Waals surface area contributed by atoms with Gasteiger partial charge in [-0.05, 0) is 12.0 Å². The van der Waals surface area contributed by atoms with Crippen LogP contribution in [0, 0.1) is 0 Å². The van der Waals surface area contributed by atoms with E-state index in [0.717, 1.165) is 51.4 Å². The number of nitrogens with zero attached hydrogens (tertiary/aromatic N) is 2. The summed E-state index contributed by atoms with van der Waals surface area (Å²) < 4.78 is 5.34. The van der Waals surface area contributed by atoms with Gasteiger partial charge in [-0.3, -0.25) is 14.5 Å². The van der Waals surface area contributed by atoms with Gasteiger partial charge in [0.25, 0.3) is 0 Å². The Bertz CT molecular complexity index is 573. The molecule has 6 nitrogen and oxygen atoms in total. The molecule has 25 heavy (non-hydrogen) atoms. The van der Waals surface area contributed by atoms with Crippen molar-refractivity contribution in [2.75, 3.05) is 45.9 Å². The number of ether oxygens (including phenoxy) is 1. The van der Waals surface area contributed by atoms with Gasteiger partial charge in [-0.15, -0.1) is 0 Å². The molecule has 1 aromatic carbocycles. The number of carbonyl (C=O) groups excluding carboxylic acids is 2. The maximum Gasteiger partial charge on any atom is 0.224 e. The first-order chi connectivity index (χ1) is 12.2. The molecule has 0 bridgehead atoms. The molecule has 2 amide bonds. The molecule has 2 fully saturated rings. The molecule has 0 aliphatic carbocycles. The van der Waals surface area contributed by atoms with Crippen molar-refractivity contribution in [2.45, 2.75) is 25.3 Å². The topological polar surface area (TPSA) is 61.9 Å². The van der Waals surface area contributed by atoms with Crippen molar-refractivity contribution in [1.29, 1.82) is 0 Å². The zero-order chi connectivity index (χ0) is 17.5. The zero-order valence-corrected chi connectivity index (χ0v) is 14.7. The van der Waals surface area contributed by atoms with Crippen LogP contribution in [0.15, 0.2) is 30.3 Å². The molecule has 1 N–H and O–H groups in total. The zero-order valence-electron chi connectivity index (χ0n) is 14.7. The Morgan fingerprint density at radius 1 is 1.16 bits per heavy atom. The van der Waals surface area contributed by atoms with Crippen LogP contribution in [0.2, 0.25) is 0 Å². The lowest BCUT2D eigenvalue weighted by atomic mass is 10.1. The van der Waals surface area contributed by atoms with Crippen molar-refractivity contribution < 1.29 is 14.3 Å². The SMILES string of the molecule is O=C(CCc1ccccc1)NC1CC(=O)N(CCN2CCOCC2)C1. The number of carbonyl (C=O) groups is 2. The van der Waals surface area contributed by atoms with Gasteiger partial charge in [0.2, 0.25) is 11.8 Å². The first-order valence-electron chi connectivity index (χ1n) is 9.12. The fourth-order valence-electron chi connectivity index (χ4n) is 3.37. The van der Waals surface area contributed by atoms with Crippen LogP contribution in [0.4, 0.5) is 0 Å². The number of amides is 2. The molecule has 2 aliphatic rings. The predicted molar refractivity (Wildman–Crippen MR) is 95.1 cm³/mol. The van der Waals surface area contributed by atoms with E-state index in [1.165, 1.54) is 0 Å². The molecular formula is C19H27N3O3. The summed E-state index contributed by atoms with van der Waals surface area (Å²) in [6.45, 7) is 5.64. The van der Waals surface area contributed by atoms with Gasteiger partial charge in [-0.2, -0.15) is 0 Å². The van der Waals surface area contributed by atoms with E-state index in [1.807, 2.05) is 35.2 Å². The quantitative estimate of drug-likeness (QED) is 0.789. The highest BCUT2D eigenvalue weighted by Gasteiger charge is 2.30. The second-order valence-electron chi connectivity index (χ2n) is 6.75. The monoisotopic (exact) mass is 345 g/mol. The van der Waals surface area contributed by atoms with Crippen LogP contribution in [0.5, 0.6) is 0 Å². The van der Waals surface area contributed by atoms with Gasteiger partial charge < -0.3 is 15.0 Å². The Hall–Kier alpha value is -1.92. The normalized spacial score (nSPS) is 21.5. The minimum absolute atomic E-state index is 0.0247. The summed E-state index contributed by atoms with van der Waals surface area (Å²) in [5.41, 5.74) is 1.16. The average Bonchev–Trinajstić information content (AvgIpc) is 2.99. The number of aryl methyl sites for hydroxylation is 1. The van der Waals surface area contributed by atoms with Crippen LogP contribution in [-0.4, -0.2) is 73.6 Å². The van der Waals surface area contributed by atoms with Gasteiger partial charge in [-0.25, -0.2) is 0 Å². The molecule has 2 heterocycles. The molecule has 0 saturated carbocycles. The Morgan fingerprint density at radius 3 is 2.68 bits per heavy atom. The predicted octanol–water partition coefficient (Wildman–Crippen LogP) is 0.669. The number of rotatable bonds is 7. The number of benzene rings is 1. The number of hydrogen-bond acceptors (Lipinski definition) is 4. The van der Waals surface area contributed by atoms with Crippen molar-refractivity contribution in [2.24, 2.45) is 0 Å². The Balaban J connectivity index is 1.37. The van der Waals surface area contributed by atoms with Crippen molar-refractivity contribution in [3.05, 3.63) is 35.9 Å². The summed E-state index contributed by atoms with van der Waals surface area (Å²) >= 11 is 0. The van der Waals surface area contributed by atoms with E-state index in [1.54, 1.807) is 0 Å². The molecule has 1 aromatic rings. The largest absolute Gasteiger partial charge is 0.379 e. The average molecular weight is 345 g/mol. The van der Waals surface area contributed by atoms with Gasteiger partial charge in [0.1, 0.15) is 0 Å². The van der Waals surface area contributed by atoms with Gasteiger partial charge in [0.15, 0.2) is 0 Å². The van der Waals surface area contributed by atoms with Crippen molar-refractivity contribution >= 4 is 11.8 Å². The maximum absolute atomic E-state index is 12.1. The molecule has 2 saturated heterocycles. The Morgan fingerprint density at radius 2 is 1.92 bits per heavy atom. The van der Waals surface area contributed by atoms with Crippen molar-refractivity contribution in [1.82, 2.24) is 15.1 Å². The fraction of sp³-hybridized carbons (Fsp3) is 0.579. The highest BCUT2D eigenvalue weighted by molar-refractivity contribution is 5.82. The van der Waals surface area contributed by atoms with Crippen LogP contribution in [-0.2, 0) is 20.7 Å². The van der Waals surface area contributed by atoms with Crippen LogP contribution < -0.4 is 5.32 Å². The fourth-order valence-corrected chi connectivity index (χ4v) is 3.37. The van der Waals surface area contributed by atoms with E-state index in [9.17, 15) is 9.59 Å². The standard InChI is InChI=1S/C19H27N3O3/c23-18(7-6-16-4-2-1-3-5-16)20-17-14-19(24)22(15-17)9-8-21-10-12-25-13-11-21/h1-5,17H,6-15H2,(H,20,23). The Labute approximate surface area is 149 Å². The van der Waals surface area contributed by atoms with E-state index in [-0.39, 0.29) is 17.9 Å². The maximum atomic E-state index is 12.1. The van der Waals surface area contributed by atoms with Crippen LogP contribution in [0.25, 0.3) is 0 Å². The van der Waals surface area contributed by atoms with Crippen molar-refractivity contribution in [3.63, 3.8) is 0 Å². The molecule has 0 radical (unpaired) electrons. The third kappa shape index (κ3) is 5.54. The summed E-state index contributed by atoms with van der Waals surface area (Å²) in [5.74, 6) is 0.165. The smallest absolute Gasteiger partial charge is 0.224 e. The second kappa shape index (κ2) is 8.97. The van der Waals surface area contributed by atoms with Crippen LogP contribution in [0.1, 0.15) is 18.4 Å². The van der Waals surface area contributed by atoms with E-state index in [4.69, 9.17) is 4.74 Å². The summed E-state index contributed by atoms with van der Waals surface area (Å²) in [4.78, 5) is 28.5. The lowest BCUT2D eigenvalue weighted by Crippen LogP contribution is -2.42. The van der Waals surface area contributed by atoms with E-state index < -0.39 is 0 Å². The third-order valence-corrected chi connectivity index (χ3v) is 4.85. The van der Waals surface area contributed by atoms with Gasteiger partial charge in [-0.1, -0.05) is 30.3 Å². The first kappa shape index (κ1) is 17.9. The highest BCUT2D eigenvalue weighted by atomic mass is 16.5. The van der Waals surface area contributed by atoms with Gasteiger partial charge in [0, 0.05) is 45.6 Å². The number of morpholine rings is 1. The summed E-state index contributed by atoms with van der Waals surface area (Å²) in [7, 11) is 0. The molecule has 2 aliphatic heterocycles. The number of likely N-dealkylation sites (tertiary alicyclic amines) is 1. The lowest BCUT2D eigenvalue weighted by Gasteiger charge is -2.28. The third-order valence-electron chi connectivity index (χ3n) is 4.85. The minimum atomic E-state index is -0.0551. The molecule has 1 atom stereocenters. The van der Waals surface area contributed by atoms with Crippen molar-refractivity contribution in [3.8, 4) is 0 Å². The molecule has 136 valence electrons. The van der Waals surface area contributed by atoms with Gasteiger partial charge in [0.05, 0.1) is 19.3 Å². The first-order valence-corrected chi connectivity index (χ1v) is 9.12. The van der Waals surface area contributed by atoms with E-state index in [0.29, 0.717) is 19.4 Å². The number of nitrogens with one attached hydrogen (secondary N) is 1. The molecule has 0 spiro atoms. The minimum Gasteiger partial charge on any atom is -0.379 e. The van der Waals surface area contributed by atoms with Gasteiger partial charge >= 0.3 is 0 Å². The molecule has 3 rings (SSSR count). The van der Waals surface area contributed by atoms with E-state index >= 15 is 0 Å². The summed E-state index contributed by atoms with van der Waals surface area (Å²) in [6, 6.07) is 9.93. The summed E-state index contributed by atoms with van der Waals surface area (Å²) in [6.07, 6.45) is 1.61. The lowest BCUT2D eigenvalue weighted by molar-refractivity contribution is -0.128. The highest BCUT2D eigenvalue weighted by Crippen LogP contribution is 2.12. The van der Waals surface area contributed by atoms with E-state index in [2.05, 4.69) is 10.2 Å². The Kier molecular flexibility index (Phi) is 6.42. The summed E-state index contributed by atoms with van der Waals surface area (Å²) in [5, 5.41) is 3.01.